The summed E-state index contributed by atoms with van der Waals surface area (Å²) < 4.78 is 11.1. The molecule has 0 aromatic heterocycles. The van der Waals surface area contributed by atoms with Crippen LogP contribution in [0.5, 0.6) is 11.5 Å². The molecule has 1 atom stereocenters. The molecule has 0 aliphatic carbocycles. The number of hydrogen-bond donors (Lipinski definition) is 1. The van der Waals surface area contributed by atoms with Gasteiger partial charge in [0.05, 0.1) is 6.10 Å². The van der Waals surface area contributed by atoms with E-state index in [1.165, 1.54) is 0 Å². The first kappa shape index (κ1) is 14.1. The zero-order valence-corrected chi connectivity index (χ0v) is 11.9. The molecule has 0 saturated carbocycles. The highest BCUT2D eigenvalue weighted by Crippen LogP contribution is 2.31. The second-order valence-electron chi connectivity index (χ2n) is 5.38. The van der Waals surface area contributed by atoms with E-state index in [0.29, 0.717) is 5.92 Å². The fourth-order valence-electron chi connectivity index (χ4n) is 2.66. The molecule has 1 fully saturated rings. The van der Waals surface area contributed by atoms with Crippen molar-refractivity contribution in [3.63, 3.8) is 0 Å². The van der Waals surface area contributed by atoms with Crippen molar-refractivity contribution in [3.8, 4) is 11.5 Å². The van der Waals surface area contributed by atoms with Crippen molar-refractivity contribution in [2.24, 2.45) is 5.92 Å². The van der Waals surface area contributed by atoms with Crippen LogP contribution in [0.25, 0.3) is 0 Å². The third-order valence-electron chi connectivity index (χ3n) is 3.91. The molecule has 0 spiro atoms. The summed E-state index contributed by atoms with van der Waals surface area (Å²) in [6, 6.07) is 17.4. The number of rotatable bonds is 4. The average molecular weight is 284 g/mol. The van der Waals surface area contributed by atoms with Crippen molar-refractivity contribution < 1.29 is 14.6 Å². The van der Waals surface area contributed by atoms with Crippen molar-refractivity contribution in [2.75, 3.05) is 13.2 Å². The van der Waals surface area contributed by atoms with Crippen molar-refractivity contribution in [1.82, 2.24) is 0 Å². The molecule has 1 N–H and O–H groups in total. The Labute approximate surface area is 125 Å². The Hall–Kier alpha value is -1.84. The zero-order valence-electron chi connectivity index (χ0n) is 11.9. The smallest absolute Gasteiger partial charge is 0.127 e. The van der Waals surface area contributed by atoms with Crippen LogP contribution >= 0.6 is 0 Å². The Bertz CT molecular complexity index is 544. The fourth-order valence-corrected chi connectivity index (χ4v) is 2.66. The lowest BCUT2D eigenvalue weighted by atomic mass is 9.89. The third-order valence-corrected chi connectivity index (χ3v) is 3.91. The van der Waals surface area contributed by atoms with Crippen LogP contribution in [-0.2, 0) is 4.74 Å². The highest BCUT2D eigenvalue weighted by molar-refractivity contribution is 5.33. The van der Waals surface area contributed by atoms with Gasteiger partial charge in [0.15, 0.2) is 0 Å². The van der Waals surface area contributed by atoms with Crippen molar-refractivity contribution in [1.29, 1.82) is 0 Å². The largest absolute Gasteiger partial charge is 0.457 e. The molecule has 1 aliphatic rings. The summed E-state index contributed by atoms with van der Waals surface area (Å²) in [6.07, 6.45) is 1.42. The quantitative estimate of drug-likeness (QED) is 0.924. The molecule has 0 bridgehead atoms. The molecule has 21 heavy (non-hydrogen) atoms. The van der Waals surface area contributed by atoms with Gasteiger partial charge in [-0.25, -0.2) is 0 Å². The van der Waals surface area contributed by atoms with Gasteiger partial charge in [-0.3, -0.25) is 0 Å². The Kier molecular flexibility index (Phi) is 4.53. The molecule has 1 aliphatic heterocycles. The first-order valence-corrected chi connectivity index (χ1v) is 7.41. The minimum absolute atomic E-state index is 0.291. The van der Waals surface area contributed by atoms with Gasteiger partial charge in [0.2, 0.25) is 0 Å². The normalized spacial score (nSPS) is 17.4. The molecule has 3 heteroatoms. The first-order chi connectivity index (χ1) is 10.3. The van der Waals surface area contributed by atoms with Crippen molar-refractivity contribution >= 4 is 0 Å². The monoisotopic (exact) mass is 284 g/mol. The molecule has 2 aromatic rings. The second kappa shape index (κ2) is 6.74. The summed E-state index contributed by atoms with van der Waals surface area (Å²) in [5.74, 6) is 1.89. The van der Waals surface area contributed by atoms with Gasteiger partial charge in [-0.2, -0.15) is 0 Å². The molecular formula is C18H20O3. The predicted molar refractivity (Wildman–Crippen MR) is 81.5 cm³/mol. The van der Waals surface area contributed by atoms with E-state index in [-0.39, 0.29) is 0 Å². The molecule has 2 aromatic carbocycles. The van der Waals surface area contributed by atoms with Gasteiger partial charge in [-0.05, 0) is 48.6 Å². The molecule has 110 valence electrons. The standard InChI is InChI=1S/C18H20O3/c19-18(15-10-12-20-13-11-15)14-6-8-17(9-7-14)21-16-4-2-1-3-5-16/h1-9,15,18-19H,10-13H2. The van der Waals surface area contributed by atoms with Gasteiger partial charge >= 0.3 is 0 Å². The summed E-state index contributed by atoms with van der Waals surface area (Å²) in [4.78, 5) is 0. The lowest BCUT2D eigenvalue weighted by molar-refractivity contribution is 0.00717. The van der Waals surface area contributed by atoms with Crippen LogP contribution in [0.4, 0.5) is 0 Å². The van der Waals surface area contributed by atoms with E-state index in [2.05, 4.69) is 0 Å². The topological polar surface area (TPSA) is 38.7 Å². The Morgan fingerprint density at radius 2 is 1.52 bits per heavy atom. The highest BCUT2D eigenvalue weighted by atomic mass is 16.5. The van der Waals surface area contributed by atoms with Gasteiger partial charge in [0.1, 0.15) is 11.5 Å². The average Bonchev–Trinajstić information content (AvgIpc) is 2.57. The highest BCUT2D eigenvalue weighted by Gasteiger charge is 2.23. The van der Waals surface area contributed by atoms with Crippen molar-refractivity contribution in [3.05, 3.63) is 60.2 Å². The summed E-state index contributed by atoms with van der Waals surface area (Å²) in [5.41, 5.74) is 0.947. The van der Waals surface area contributed by atoms with E-state index < -0.39 is 6.10 Å². The number of aliphatic hydroxyl groups is 1. The lowest BCUT2D eigenvalue weighted by Crippen LogP contribution is -2.21. The SMILES string of the molecule is OC(c1ccc(Oc2ccccc2)cc1)C1CCOCC1. The number of benzene rings is 2. The van der Waals surface area contributed by atoms with Gasteiger partial charge in [-0.1, -0.05) is 30.3 Å². The van der Waals surface area contributed by atoms with Crippen LogP contribution in [0, 0.1) is 5.92 Å². The summed E-state index contributed by atoms with van der Waals surface area (Å²) in [5, 5.41) is 10.4. The van der Waals surface area contributed by atoms with E-state index in [1.807, 2.05) is 54.6 Å². The Balaban J connectivity index is 1.66. The summed E-state index contributed by atoms with van der Waals surface area (Å²) >= 11 is 0. The maximum absolute atomic E-state index is 10.4. The fraction of sp³-hybridized carbons (Fsp3) is 0.333. The van der Waals surface area contributed by atoms with Gasteiger partial charge in [0.25, 0.3) is 0 Å². The van der Waals surface area contributed by atoms with Crippen LogP contribution in [0.3, 0.4) is 0 Å². The maximum atomic E-state index is 10.4. The van der Waals surface area contributed by atoms with Crippen LogP contribution < -0.4 is 4.74 Å². The van der Waals surface area contributed by atoms with Gasteiger partial charge in [0, 0.05) is 13.2 Å². The van der Waals surface area contributed by atoms with E-state index in [0.717, 1.165) is 43.1 Å². The van der Waals surface area contributed by atoms with E-state index >= 15 is 0 Å². The van der Waals surface area contributed by atoms with Gasteiger partial charge in [-0.15, -0.1) is 0 Å². The first-order valence-electron chi connectivity index (χ1n) is 7.41. The molecule has 3 nitrogen and oxygen atoms in total. The Morgan fingerprint density at radius 1 is 0.905 bits per heavy atom. The van der Waals surface area contributed by atoms with Gasteiger partial charge < -0.3 is 14.6 Å². The van der Waals surface area contributed by atoms with E-state index in [9.17, 15) is 5.11 Å². The molecule has 1 unspecified atom stereocenters. The second-order valence-corrected chi connectivity index (χ2v) is 5.38. The predicted octanol–water partition coefficient (Wildman–Crippen LogP) is 3.94. The van der Waals surface area contributed by atoms with Crippen LogP contribution in [0.1, 0.15) is 24.5 Å². The molecular weight excluding hydrogens is 264 g/mol. The molecule has 3 rings (SSSR count). The zero-order chi connectivity index (χ0) is 14.5. The molecule has 0 amide bonds. The number of ether oxygens (including phenoxy) is 2. The number of hydrogen-bond acceptors (Lipinski definition) is 3. The number of para-hydroxylation sites is 1. The van der Waals surface area contributed by atoms with Crippen LogP contribution in [-0.4, -0.2) is 18.3 Å². The van der Waals surface area contributed by atoms with Crippen LogP contribution in [0.15, 0.2) is 54.6 Å². The lowest BCUT2D eigenvalue weighted by Gasteiger charge is -2.27. The molecule has 1 heterocycles. The van der Waals surface area contributed by atoms with Crippen LogP contribution in [0.2, 0.25) is 0 Å². The minimum Gasteiger partial charge on any atom is -0.457 e. The minimum atomic E-state index is -0.417. The summed E-state index contributed by atoms with van der Waals surface area (Å²) in [6.45, 7) is 1.49. The van der Waals surface area contributed by atoms with Crippen molar-refractivity contribution in [2.45, 2.75) is 18.9 Å². The van der Waals surface area contributed by atoms with E-state index in [1.54, 1.807) is 0 Å². The Morgan fingerprint density at radius 3 is 2.19 bits per heavy atom. The summed E-state index contributed by atoms with van der Waals surface area (Å²) in [7, 11) is 0. The number of aliphatic hydroxyl groups excluding tert-OH is 1. The molecule has 0 radical (unpaired) electrons. The molecule has 1 saturated heterocycles. The van der Waals surface area contributed by atoms with E-state index in [4.69, 9.17) is 9.47 Å². The third kappa shape index (κ3) is 3.63. The maximum Gasteiger partial charge on any atom is 0.127 e.